The summed E-state index contributed by atoms with van der Waals surface area (Å²) in [6.45, 7) is 3.85. The third-order valence-electron chi connectivity index (χ3n) is 5.63. The molecule has 0 aromatic heterocycles. The van der Waals surface area contributed by atoms with E-state index in [1.807, 2.05) is 31.2 Å². The van der Waals surface area contributed by atoms with Crippen LogP contribution in [-0.4, -0.2) is 31.5 Å². The highest BCUT2D eigenvalue weighted by molar-refractivity contribution is 6.31. The maximum Gasteiger partial charge on any atom is 0.311 e. The number of esters is 1. The molecule has 4 rings (SSSR count). The van der Waals surface area contributed by atoms with E-state index in [1.54, 1.807) is 31.2 Å². The quantitative estimate of drug-likeness (QED) is 0.590. The number of carbonyl (C=O) groups excluding carboxylic acids is 3. The van der Waals surface area contributed by atoms with Crippen LogP contribution in [0.4, 0.5) is 5.69 Å². The van der Waals surface area contributed by atoms with Crippen molar-refractivity contribution in [2.24, 2.45) is 11.8 Å². The number of methoxy groups -OCH3 is 1. The third kappa shape index (κ3) is 2.37. The Bertz CT molecular complexity index is 967. The van der Waals surface area contributed by atoms with E-state index >= 15 is 0 Å². The number of ether oxygens (including phenoxy) is 2. The number of nitrogens with zero attached hydrogens (tertiary/aromatic N) is 1. The van der Waals surface area contributed by atoms with E-state index in [0.29, 0.717) is 17.0 Å². The van der Waals surface area contributed by atoms with Crippen LogP contribution in [0.25, 0.3) is 0 Å². The van der Waals surface area contributed by atoms with Crippen LogP contribution < -0.4 is 9.64 Å². The van der Waals surface area contributed by atoms with Gasteiger partial charge < -0.3 is 9.47 Å². The summed E-state index contributed by atoms with van der Waals surface area (Å²) in [5.74, 6) is -2.25. The second-order valence-electron chi connectivity index (χ2n) is 7.12. The van der Waals surface area contributed by atoms with Gasteiger partial charge in [0.05, 0.1) is 31.2 Å². The normalized spacial score (nSPS) is 25.5. The Kier molecular flexibility index (Phi) is 4.22. The summed E-state index contributed by atoms with van der Waals surface area (Å²) in [4.78, 5) is 40.4. The molecule has 2 fully saturated rings. The highest BCUT2D eigenvalue weighted by Gasteiger charge is 2.83. The molecule has 144 valence electrons. The van der Waals surface area contributed by atoms with Gasteiger partial charge in [0.2, 0.25) is 11.8 Å². The molecule has 1 aliphatic heterocycles. The number of benzene rings is 2. The summed E-state index contributed by atoms with van der Waals surface area (Å²) in [6.07, 6.45) is 0. The van der Waals surface area contributed by atoms with Crippen LogP contribution in [0.15, 0.2) is 48.5 Å². The SMILES string of the molecule is CCOC(=O)[C@H]1[C@@H]2C(=O)N(c3cccc(OC)c3)C(=O)[C@]12c1ccc(C)cc1. The zero-order chi connectivity index (χ0) is 20.1. The fraction of sp³-hybridized carbons (Fsp3) is 0.318. The van der Waals surface area contributed by atoms with Crippen LogP contribution in [0.2, 0.25) is 0 Å². The molecular weight excluding hydrogens is 358 g/mol. The van der Waals surface area contributed by atoms with Crippen LogP contribution >= 0.6 is 0 Å². The number of hydrogen-bond donors (Lipinski definition) is 0. The lowest BCUT2D eigenvalue weighted by molar-refractivity contribution is -0.147. The van der Waals surface area contributed by atoms with E-state index in [0.717, 1.165) is 5.56 Å². The molecular formula is C22H21NO5. The van der Waals surface area contributed by atoms with Gasteiger partial charge in [0, 0.05) is 6.07 Å². The predicted molar refractivity (Wildman–Crippen MR) is 102 cm³/mol. The van der Waals surface area contributed by atoms with E-state index < -0.39 is 29.1 Å². The molecule has 1 aliphatic carbocycles. The van der Waals surface area contributed by atoms with E-state index in [1.165, 1.54) is 12.0 Å². The third-order valence-corrected chi connectivity index (χ3v) is 5.63. The summed E-state index contributed by atoms with van der Waals surface area (Å²) in [5, 5.41) is 0. The zero-order valence-electron chi connectivity index (χ0n) is 16.0. The molecule has 2 aromatic carbocycles. The molecule has 28 heavy (non-hydrogen) atoms. The molecule has 1 saturated heterocycles. The molecule has 0 bridgehead atoms. The van der Waals surface area contributed by atoms with E-state index in [9.17, 15) is 14.4 Å². The van der Waals surface area contributed by atoms with Crippen molar-refractivity contribution in [2.75, 3.05) is 18.6 Å². The van der Waals surface area contributed by atoms with Gasteiger partial charge in [-0.05, 0) is 31.5 Å². The Morgan fingerprint density at radius 2 is 1.86 bits per heavy atom. The van der Waals surface area contributed by atoms with E-state index in [4.69, 9.17) is 9.47 Å². The molecule has 0 spiro atoms. The predicted octanol–water partition coefficient (Wildman–Crippen LogP) is 2.62. The standard InChI is InChI=1S/C22H21NO5/c1-4-28-20(25)18-17-19(24)23(15-6-5-7-16(12-15)27-3)21(26)22(17,18)14-10-8-13(2)9-11-14/h5-12,17-18H,4H2,1-3H3/t17-,18-,22+/m1/s1. The van der Waals surface area contributed by atoms with Gasteiger partial charge in [-0.3, -0.25) is 14.4 Å². The Morgan fingerprint density at radius 1 is 1.14 bits per heavy atom. The van der Waals surface area contributed by atoms with Gasteiger partial charge in [0.1, 0.15) is 11.2 Å². The topological polar surface area (TPSA) is 72.9 Å². The number of anilines is 1. The molecule has 1 saturated carbocycles. The van der Waals surface area contributed by atoms with E-state index in [-0.39, 0.29) is 12.5 Å². The average molecular weight is 379 g/mol. The Hall–Kier alpha value is -3.15. The van der Waals surface area contributed by atoms with Crippen molar-refractivity contribution in [3.63, 3.8) is 0 Å². The van der Waals surface area contributed by atoms with Gasteiger partial charge in [-0.2, -0.15) is 0 Å². The molecule has 1 heterocycles. The Morgan fingerprint density at radius 3 is 2.50 bits per heavy atom. The molecule has 3 atom stereocenters. The van der Waals surface area contributed by atoms with Crippen LogP contribution in [-0.2, 0) is 24.5 Å². The largest absolute Gasteiger partial charge is 0.497 e. The van der Waals surface area contributed by atoms with Crippen molar-refractivity contribution in [3.05, 3.63) is 59.7 Å². The van der Waals surface area contributed by atoms with Crippen LogP contribution in [0.5, 0.6) is 5.75 Å². The Labute approximate surface area is 163 Å². The van der Waals surface area contributed by atoms with Gasteiger partial charge in [-0.15, -0.1) is 0 Å². The second kappa shape index (κ2) is 6.48. The minimum Gasteiger partial charge on any atom is -0.497 e. The van der Waals surface area contributed by atoms with Gasteiger partial charge >= 0.3 is 5.97 Å². The highest BCUT2D eigenvalue weighted by Crippen LogP contribution is 2.66. The zero-order valence-corrected chi connectivity index (χ0v) is 16.0. The molecule has 0 radical (unpaired) electrons. The van der Waals surface area contributed by atoms with Crippen molar-refractivity contribution < 1.29 is 23.9 Å². The second-order valence-corrected chi connectivity index (χ2v) is 7.12. The van der Waals surface area contributed by atoms with Crippen molar-refractivity contribution in [1.29, 1.82) is 0 Å². The van der Waals surface area contributed by atoms with Gasteiger partial charge in [-0.1, -0.05) is 35.9 Å². The van der Waals surface area contributed by atoms with Gasteiger partial charge in [0.25, 0.3) is 0 Å². The molecule has 0 unspecified atom stereocenters. The molecule has 0 N–H and O–H groups in total. The average Bonchev–Trinajstić information content (AvgIpc) is 3.34. The van der Waals surface area contributed by atoms with Crippen molar-refractivity contribution in [2.45, 2.75) is 19.3 Å². The summed E-state index contributed by atoms with van der Waals surface area (Å²) in [6, 6.07) is 14.2. The maximum absolute atomic E-state index is 13.5. The number of piperidine rings is 1. The Balaban J connectivity index is 1.80. The molecule has 6 nitrogen and oxygen atoms in total. The smallest absolute Gasteiger partial charge is 0.311 e. The number of amides is 2. The first kappa shape index (κ1) is 18.2. The number of imide groups is 1. The van der Waals surface area contributed by atoms with Crippen molar-refractivity contribution >= 4 is 23.5 Å². The van der Waals surface area contributed by atoms with Gasteiger partial charge in [-0.25, -0.2) is 4.90 Å². The lowest BCUT2D eigenvalue weighted by atomic mass is 9.91. The van der Waals surface area contributed by atoms with Crippen LogP contribution in [0.3, 0.4) is 0 Å². The van der Waals surface area contributed by atoms with Gasteiger partial charge in [0.15, 0.2) is 0 Å². The lowest BCUT2D eigenvalue weighted by Crippen LogP contribution is -2.40. The number of carbonyl (C=O) groups is 3. The lowest BCUT2D eigenvalue weighted by Gasteiger charge is -2.22. The first-order valence-electron chi connectivity index (χ1n) is 9.23. The van der Waals surface area contributed by atoms with Crippen molar-refractivity contribution in [3.8, 4) is 5.75 Å². The number of hydrogen-bond acceptors (Lipinski definition) is 5. The monoisotopic (exact) mass is 379 g/mol. The number of fused-ring (bicyclic) bond motifs is 1. The fourth-order valence-corrected chi connectivity index (χ4v) is 4.28. The molecule has 6 heteroatoms. The highest BCUT2D eigenvalue weighted by atomic mass is 16.5. The summed E-state index contributed by atoms with van der Waals surface area (Å²) in [5.41, 5.74) is 0.951. The summed E-state index contributed by atoms with van der Waals surface area (Å²) in [7, 11) is 1.52. The minimum absolute atomic E-state index is 0.202. The van der Waals surface area contributed by atoms with Crippen LogP contribution in [0.1, 0.15) is 18.1 Å². The maximum atomic E-state index is 13.5. The minimum atomic E-state index is -1.19. The fourth-order valence-electron chi connectivity index (χ4n) is 4.28. The molecule has 2 amide bonds. The van der Waals surface area contributed by atoms with Crippen molar-refractivity contribution in [1.82, 2.24) is 0 Å². The first-order valence-corrected chi connectivity index (χ1v) is 9.23. The molecule has 2 aromatic rings. The molecule has 2 aliphatic rings. The summed E-state index contributed by atoms with van der Waals surface area (Å²) >= 11 is 0. The number of rotatable bonds is 5. The van der Waals surface area contributed by atoms with Crippen LogP contribution in [0, 0.1) is 18.8 Å². The summed E-state index contributed by atoms with van der Waals surface area (Å²) < 4.78 is 10.4. The number of aryl methyl sites for hydroxylation is 1. The van der Waals surface area contributed by atoms with E-state index in [2.05, 4.69) is 0 Å². The first-order chi connectivity index (χ1) is 13.5.